The van der Waals surface area contributed by atoms with Crippen molar-refractivity contribution < 1.29 is 9.90 Å². The summed E-state index contributed by atoms with van der Waals surface area (Å²) in [7, 11) is 0. The molecule has 0 saturated carbocycles. The molecule has 1 aromatic carbocycles. The molecule has 3 N–H and O–H groups in total. The molecule has 2 aliphatic heterocycles. The molecule has 1 amide bonds. The first kappa shape index (κ1) is 18.7. The number of carbonyl (C=O) groups excluding carboxylic acids is 1. The van der Waals surface area contributed by atoms with Gasteiger partial charge in [0.05, 0.1) is 23.2 Å². The number of hydrogen-bond acceptors (Lipinski definition) is 6. The van der Waals surface area contributed by atoms with Crippen LogP contribution in [0.5, 0.6) is 0 Å². The maximum Gasteiger partial charge on any atom is 0.237 e. The highest BCUT2D eigenvalue weighted by molar-refractivity contribution is 5.95. The van der Waals surface area contributed by atoms with E-state index in [-0.39, 0.29) is 18.0 Å². The largest absolute Gasteiger partial charge is 0.392 e. The Kier molecular flexibility index (Phi) is 5.16. The second-order valence-electron chi connectivity index (χ2n) is 7.95. The number of anilines is 1. The first-order valence-electron chi connectivity index (χ1n) is 9.79. The van der Waals surface area contributed by atoms with E-state index < -0.39 is 6.10 Å². The van der Waals surface area contributed by atoms with Gasteiger partial charge in [-0.2, -0.15) is 5.26 Å². The standard InChI is InChI=1S/C21H25N5O2/c1-13-7-15(25-21(28)18-8-16(27)10-24-18)12-26(11-13)19-5-4-14(9-22)20-17(19)3-2-6-23-20/h2-6,13,15-16,18,24,27H,7-8,10-12H2,1H3,(H,25,28)/t13-,15+,16+,18-/m0/s1. The SMILES string of the molecule is C[C@H]1C[C@@H](NC(=O)[C@@H]2C[C@@H](O)CN2)CN(c2ccc(C#N)c3ncccc23)C1. The van der Waals surface area contributed by atoms with Crippen molar-refractivity contribution in [2.45, 2.75) is 38.0 Å². The number of amides is 1. The number of pyridine rings is 1. The molecular weight excluding hydrogens is 354 g/mol. The fourth-order valence-corrected chi connectivity index (χ4v) is 4.39. The van der Waals surface area contributed by atoms with Gasteiger partial charge in [0, 0.05) is 42.9 Å². The summed E-state index contributed by atoms with van der Waals surface area (Å²) in [6.07, 6.45) is 2.64. The lowest BCUT2D eigenvalue weighted by Crippen LogP contribution is -2.53. The monoisotopic (exact) mass is 379 g/mol. The molecule has 2 aliphatic rings. The molecular formula is C21H25N5O2. The van der Waals surface area contributed by atoms with Gasteiger partial charge in [-0.15, -0.1) is 0 Å². The number of β-amino-alcohol motifs (C(OH)–C–C–N with tert-alkyl or cyclic N) is 1. The normalized spacial score (nSPS) is 27.5. The van der Waals surface area contributed by atoms with E-state index in [1.165, 1.54) is 0 Å². The van der Waals surface area contributed by atoms with Crippen LogP contribution in [0.3, 0.4) is 0 Å². The van der Waals surface area contributed by atoms with Gasteiger partial charge in [0.2, 0.25) is 5.91 Å². The maximum atomic E-state index is 12.6. The summed E-state index contributed by atoms with van der Waals surface area (Å²) < 4.78 is 0. The van der Waals surface area contributed by atoms with Crippen molar-refractivity contribution >= 4 is 22.5 Å². The molecule has 146 valence electrons. The molecule has 0 spiro atoms. The Hall–Kier alpha value is -2.69. The Labute approximate surface area is 164 Å². The van der Waals surface area contributed by atoms with E-state index in [1.807, 2.05) is 24.3 Å². The van der Waals surface area contributed by atoms with Crippen LogP contribution in [0.1, 0.15) is 25.3 Å². The second-order valence-corrected chi connectivity index (χ2v) is 7.95. The zero-order valence-corrected chi connectivity index (χ0v) is 15.9. The lowest BCUT2D eigenvalue weighted by Gasteiger charge is -2.39. The van der Waals surface area contributed by atoms with Crippen LogP contribution in [0.25, 0.3) is 10.9 Å². The van der Waals surface area contributed by atoms with Gasteiger partial charge in [-0.25, -0.2) is 0 Å². The third-order valence-electron chi connectivity index (χ3n) is 5.64. The number of aliphatic hydroxyl groups is 1. The Balaban J connectivity index is 1.55. The summed E-state index contributed by atoms with van der Waals surface area (Å²) in [4.78, 5) is 19.2. The van der Waals surface area contributed by atoms with Crippen LogP contribution < -0.4 is 15.5 Å². The van der Waals surface area contributed by atoms with Crippen molar-refractivity contribution in [2.75, 3.05) is 24.5 Å². The summed E-state index contributed by atoms with van der Waals surface area (Å²) >= 11 is 0. The molecule has 2 fully saturated rings. The van der Waals surface area contributed by atoms with Crippen LogP contribution in [-0.4, -0.2) is 53.8 Å². The predicted octanol–water partition coefficient (Wildman–Crippen LogP) is 1.16. The van der Waals surface area contributed by atoms with E-state index >= 15 is 0 Å². The van der Waals surface area contributed by atoms with Crippen LogP contribution >= 0.6 is 0 Å². The highest BCUT2D eigenvalue weighted by Crippen LogP contribution is 2.31. The molecule has 3 heterocycles. The summed E-state index contributed by atoms with van der Waals surface area (Å²) in [6.45, 7) is 4.26. The number of fused-ring (bicyclic) bond motifs is 1. The van der Waals surface area contributed by atoms with Gasteiger partial charge in [-0.05, 0) is 43.0 Å². The Bertz CT molecular complexity index is 925. The van der Waals surface area contributed by atoms with Gasteiger partial charge in [-0.1, -0.05) is 6.92 Å². The first-order chi connectivity index (χ1) is 13.5. The van der Waals surface area contributed by atoms with E-state index in [2.05, 4.69) is 33.5 Å². The van der Waals surface area contributed by atoms with Crippen molar-refractivity contribution in [3.05, 3.63) is 36.0 Å². The number of rotatable bonds is 3. The second kappa shape index (κ2) is 7.74. The predicted molar refractivity (Wildman–Crippen MR) is 107 cm³/mol. The number of benzene rings is 1. The third kappa shape index (κ3) is 3.66. The van der Waals surface area contributed by atoms with Gasteiger partial charge in [-0.3, -0.25) is 9.78 Å². The summed E-state index contributed by atoms with van der Waals surface area (Å²) in [6, 6.07) is 9.62. The molecule has 0 bridgehead atoms. The van der Waals surface area contributed by atoms with E-state index in [1.54, 1.807) is 6.20 Å². The van der Waals surface area contributed by atoms with Crippen LogP contribution in [0, 0.1) is 17.2 Å². The van der Waals surface area contributed by atoms with Crippen molar-refractivity contribution in [3.63, 3.8) is 0 Å². The number of aromatic nitrogens is 1. The minimum Gasteiger partial charge on any atom is -0.392 e. The van der Waals surface area contributed by atoms with Gasteiger partial charge < -0.3 is 20.6 Å². The van der Waals surface area contributed by atoms with E-state index in [9.17, 15) is 15.2 Å². The first-order valence-corrected chi connectivity index (χ1v) is 9.79. The number of nitrogens with zero attached hydrogens (tertiary/aromatic N) is 3. The number of nitriles is 1. The van der Waals surface area contributed by atoms with Crippen molar-refractivity contribution in [1.82, 2.24) is 15.6 Å². The topological polar surface area (TPSA) is 101 Å². The molecule has 28 heavy (non-hydrogen) atoms. The lowest BCUT2D eigenvalue weighted by atomic mass is 9.94. The van der Waals surface area contributed by atoms with Crippen molar-refractivity contribution in [2.24, 2.45) is 5.92 Å². The van der Waals surface area contributed by atoms with Gasteiger partial charge in [0.15, 0.2) is 0 Å². The van der Waals surface area contributed by atoms with Gasteiger partial charge >= 0.3 is 0 Å². The summed E-state index contributed by atoms with van der Waals surface area (Å²) in [5.41, 5.74) is 2.33. The minimum atomic E-state index is -0.449. The molecule has 7 heteroatoms. The average molecular weight is 379 g/mol. The number of nitrogens with one attached hydrogen (secondary N) is 2. The number of aliphatic hydroxyl groups excluding tert-OH is 1. The Morgan fingerprint density at radius 1 is 1.36 bits per heavy atom. The smallest absolute Gasteiger partial charge is 0.237 e. The zero-order chi connectivity index (χ0) is 19.7. The van der Waals surface area contributed by atoms with E-state index in [4.69, 9.17) is 0 Å². The molecule has 4 rings (SSSR count). The molecule has 1 aromatic heterocycles. The number of carbonyl (C=O) groups is 1. The van der Waals surface area contributed by atoms with Crippen LogP contribution in [0.15, 0.2) is 30.5 Å². The van der Waals surface area contributed by atoms with Crippen LogP contribution in [0.4, 0.5) is 5.69 Å². The highest BCUT2D eigenvalue weighted by atomic mass is 16.3. The number of piperidine rings is 1. The van der Waals surface area contributed by atoms with Gasteiger partial charge in [0.1, 0.15) is 6.07 Å². The molecule has 0 unspecified atom stereocenters. The molecule has 0 radical (unpaired) electrons. The lowest BCUT2D eigenvalue weighted by molar-refractivity contribution is -0.123. The average Bonchev–Trinajstić information content (AvgIpc) is 3.13. The van der Waals surface area contributed by atoms with Crippen molar-refractivity contribution in [1.29, 1.82) is 5.26 Å². The summed E-state index contributed by atoms with van der Waals surface area (Å²) in [5.74, 6) is 0.380. The van der Waals surface area contributed by atoms with E-state index in [0.29, 0.717) is 36.5 Å². The molecule has 2 aromatic rings. The molecule has 7 nitrogen and oxygen atoms in total. The zero-order valence-electron chi connectivity index (χ0n) is 15.9. The van der Waals surface area contributed by atoms with Crippen LogP contribution in [0.2, 0.25) is 0 Å². The number of hydrogen-bond donors (Lipinski definition) is 3. The third-order valence-corrected chi connectivity index (χ3v) is 5.64. The fourth-order valence-electron chi connectivity index (χ4n) is 4.39. The van der Waals surface area contributed by atoms with Gasteiger partial charge in [0.25, 0.3) is 0 Å². The van der Waals surface area contributed by atoms with Crippen molar-refractivity contribution in [3.8, 4) is 6.07 Å². The minimum absolute atomic E-state index is 0.0399. The maximum absolute atomic E-state index is 12.6. The molecule has 0 aliphatic carbocycles. The molecule has 4 atom stereocenters. The molecule has 2 saturated heterocycles. The van der Waals surface area contributed by atoms with Crippen LogP contribution in [-0.2, 0) is 4.79 Å². The Morgan fingerprint density at radius 3 is 2.96 bits per heavy atom. The quantitative estimate of drug-likeness (QED) is 0.740. The Morgan fingerprint density at radius 2 is 2.21 bits per heavy atom. The highest BCUT2D eigenvalue weighted by Gasteiger charge is 2.32. The fraction of sp³-hybridized carbons (Fsp3) is 0.476. The van der Waals surface area contributed by atoms with E-state index in [0.717, 1.165) is 24.0 Å². The summed E-state index contributed by atoms with van der Waals surface area (Å²) in [5, 5.41) is 26.2.